The van der Waals surface area contributed by atoms with Crippen LogP contribution in [0.1, 0.15) is 18.4 Å². The molecule has 2 heteroatoms. The molecule has 1 nitrogen and oxygen atoms in total. The molecule has 0 spiro atoms. The fourth-order valence-electron chi connectivity index (χ4n) is 1.18. The Hall–Kier alpha value is -1.15. The van der Waals surface area contributed by atoms with Crippen molar-refractivity contribution in [3.05, 3.63) is 41.7 Å². The highest BCUT2D eigenvalue weighted by atomic mass is 19.1. The molecule has 1 saturated carbocycles. The molecule has 1 aromatic rings. The molecule has 2 rings (SSSR count). The van der Waals surface area contributed by atoms with E-state index in [-0.39, 0.29) is 11.4 Å². The lowest BCUT2D eigenvalue weighted by molar-refractivity contribution is 0.625. The normalized spacial score (nSPS) is 19.2. The zero-order valence-electron chi connectivity index (χ0n) is 7.33. The highest BCUT2D eigenvalue weighted by molar-refractivity contribution is 5.52. The fourth-order valence-corrected chi connectivity index (χ4v) is 1.18. The third-order valence-corrected chi connectivity index (χ3v) is 2.33. The second kappa shape index (κ2) is 2.96. The predicted molar refractivity (Wildman–Crippen MR) is 51.6 cm³/mol. The second-order valence-corrected chi connectivity index (χ2v) is 3.59. The maximum Gasteiger partial charge on any atom is 0.130 e. The molecule has 0 aliphatic heterocycles. The van der Waals surface area contributed by atoms with Gasteiger partial charge >= 0.3 is 0 Å². The van der Waals surface area contributed by atoms with Crippen molar-refractivity contribution in [2.45, 2.75) is 18.4 Å². The molecular formula is C11H12FN. The van der Waals surface area contributed by atoms with Gasteiger partial charge in [-0.1, -0.05) is 30.4 Å². The van der Waals surface area contributed by atoms with Crippen LogP contribution in [0.25, 0.3) is 6.08 Å². The van der Waals surface area contributed by atoms with E-state index >= 15 is 0 Å². The van der Waals surface area contributed by atoms with E-state index in [9.17, 15) is 4.39 Å². The van der Waals surface area contributed by atoms with E-state index in [0.717, 1.165) is 12.8 Å². The van der Waals surface area contributed by atoms with Crippen molar-refractivity contribution in [1.29, 1.82) is 0 Å². The van der Waals surface area contributed by atoms with E-state index < -0.39 is 0 Å². The highest BCUT2D eigenvalue weighted by Gasteiger charge is 2.34. The zero-order chi connectivity index (χ0) is 9.31. The Kier molecular flexibility index (Phi) is 1.93. The van der Waals surface area contributed by atoms with Crippen LogP contribution in [-0.4, -0.2) is 5.54 Å². The van der Waals surface area contributed by atoms with Crippen LogP contribution in [0, 0.1) is 5.82 Å². The van der Waals surface area contributed by atoms with Gasteiger partial charge in [0, 0.05) is 11.1 Å². The molecule has 0 saturated heterocycles. The second-order valence-electron chi connectivity index (χ2n) is 3.59. The van der Waals surface area contributed by atoms with Crippen molar-refractivity contribution in [2.75, 3.05) is 0 Å². The third-order valence-electron chi connectivity index (χ3n) is 2.33. The third kappa shape index (κ3) is 1.95. The average molecular weight is 177 g/mol. The van der Waals surface area contributed by atoms with Gasteiger partial charge in [-0.05, 0) is 18.9 Å². The summed E-state index contributed by atoms with van der Waals surface area (Å²) in [5.41, 5.74) is 6.30. The summed E-state index contributed by atoms with van der Waals surface area (Å²) in [7, 11) is 0. The molecular weight excluding hydrogens is 165 g/mol. The first kappa shape index (κ1) is 8.45. The highest BCUT2D eigenvalue weighted by Crippen LogP contribution is 2.34. The zero-order valence-corrected chi connectivity index (χ0v) is 7.33. The first-order valence-corrected chi connectivity index (χ1v) is 4.42. The molecule has 13 heavy (non-hydrogen) atoms. The van der Waals surface area contributed by atoms with E-state index in [1.54, 1.807) is 18.2 Å². The minimum atomic E-state index is -0.192. The van der Waals surface area contributed by atoms with Crippen LogP contribution in [0.15, 0.2) is 30.3 Å². The van der Waals surface area contributed by atoms with Crippen LogP contribution in [0.2, 0.25) is 0 Å². The molecule has 1 aliphatic rings. The molecule has 2 N–H and O–H groups in total. The molecule has 1 fully saturated rings. The van der Waals surface area contributed by atoms with Gasteiger partial charge in [0.1, 0.15) is 5.82 Å². The van der Waals surface area contributed by atoms with E-state index in [0.29, 0.717) is 5.56 Å². The van der Waals surface area contributed by atoms with Crippen molar-refractivity contribution in [2.24, 2.45) is 5.73 Å². The summed E-state index contributed by atoms with van der Waals surface area (Å²) in [5.74, 6) is -0.192. The maximum absolute atomic E-state index is 13.1. The minimum absolute atomic E-state index is 0.151. The Morgan fingerprint density at radius 2 is 2.00 bits per heavy atom. The van der Waals surface area contributed by atoms with Crippen molar-refractivity contribution < 1.29 is 4.39 Å². The van der Waals surface area contributed by atoms with Gasteiger partial charge in [-0.25, -0.2) is 4.39 Å². The Morgan fingerprint density at radius 1 is 1.31 bits per heavy atom. The van der Waals surface area contributed by atoms with Gasteiger partial charge in [0.05, 0.1) is 0 Å². The quantitative estimate of drug-likeness (QED) is 0.737. The Labute approximate surface area is 77.1 Å². The minimum Gasteiger partial charge on any atom is -0.322 e. The maximum atomic E-state index is 13.1. The van der Waals surface area contributed by atoms with E-state index in [1.165, 1.54) is 6.07 Å². The number of nitrogens with two attached hydrogens (primary N) is 1. The average Bonchev–Trinajstić information content (AvgIpc) is 2.83. The summed E-state index contributed by atoms with van der Waals surface area (Å²) in [6.45, 7) is 0. The monoisotopic (exact) mass is 177 g/mol. The van der Waals surface area contributed by atoms with Gasteiger partial charge < -0.3 is 5.73 Å². The van der Waals surface area contributed by atoms with E-state index in [4.69, 9.17) is 5.73 Å². The fraction of sp³-hybridized carbons (Fsp3) is 0.273. The van der Waals surface area contributed by atoms with Crippen LogP contribution >= 0.6 is 0 Å². The smallest absolute Gasteiger partial charge is 0.130 e. The topological polar surface area (TPSA) is 26.0 Å². The van der Waals surface area contributed by atoms with E-state index in [1.807, 2.05) is 12.1 Å². The van der Waals surface area contributed by atoms with Crippen molar-refractivity contribution >= 4 is 6.08 Å². The number of halogens is 1. The molecule has 0 radical (unpaired) electrons. The predicted octanol–water partition coefficient (Wildman–Crippen LogP) is 2.33. The summed E-state index contributed by atoms with van der Waals surface area (Å²) >= 11 is 0. The molecule has 0 aromatic heterocycles. The van der Waals surface area contributed by atoms with Gasteiger partial charge in [-0.3, -0.25) is 0 Å². The molecule has 1 aromatic carbocycles. The van der Waals surface area contributed by atoms with Crippen LogP contribution in [0.5, 0.6) is 0 Å². The first-order valence-electron chi connectivity index (χ1n) is 4.42. The molecule has 0 amide bonds. The number of hydrogen-bond acceptors (Lipinski definition) is 1. The van der Waals surface area contributed by atoms with Gasteiger partial charge in [0.25, 0.3) is 0 Å². The molecule has 0 unspecified atom stereocenters. The summed E-state index contributed by atoms with van der Waals surface area (Å²) in [6.07, 6.45) is 5.68. The first-order chi connectivity index (χ1) is 6.20. The lowest BCUT2D eigenvalue weighted by Gasteiger charge is -1.99. The molecule has 0 heterocycles. The number of rotatable bonds is 2. The SMILES string of the molecule is NC1(/C=C/c2ccccc2F)CC1. The van der Waals surface area contributed by atoms with Crippen molar-refractivity contribution in [3.63, 3.8) is 0 Å². The standard InChI is InChI=1S/C11H12FN/c12-10-4-2-1-3-9(10)5-6-11(13)7-8-11/h1-6H,7-8,13H2/b6-5+. The number of hydrogen-bond donors (Lipinski definition) is 1. The van der Waals surface area contributed by atoms with Gasteiger partial charge in [-0.15, -0.1) is 0 Å². The Morgan fingerprint density at radius 3 is 2.62 bits per heavy atom. The van der Waals surface area contributed by atoms with Gasteiger partial charge in [-0.2, -0.15) is 0 Å². The van der Waals surface area contributed by atoms with Crippen LogP contribution in [0.4, 0.5) is 4.39 Å². The van der Waals surface area contributed by atoms with Crippen LogP contribution < -0.4 is 5.73 Å². The largest absolute Gasteiger partial charge is 0.322 e. The summed E-state index contributed by atoms with van der Waals surface area (Å²) in [6, 6.07) is 6.70. The molecule has 0 atom stereocenters. The molecule has 68 valence electrons. The summed E-state index contributed by atoms with van der Waals surface area (Å²) in [5, 5.41) is 0. The van der Waals surface area contributed by atoms with Gasteiger partial charge in [0.2, 0.25) is 0 Å². The van der Waals surface area contributed by atoms with Crippen molar-refractivity contribution in [1.82, 2.24) is 0 Å². The van der Waals surface area contributed by atoms with Crippen LogP contribution in [-0.2, 0) is 0 Å². The van der Waals surface area contributed by atoms with Gasteiger partial charge in [0.15, 0.2) is 0 Å². The molecule has 0 bridgehead atoms. The number of benzene rings is 1. The summed E-state index contributed by atoms with van der Waals surface area (Å²) < 4.78 is 13.1. The van der Waals surface area contributed by atoms with E-state index in [2.05, 4.69) is 0 Å². The lowest BCUT2D eigenvalue weighted by atomic mass is 10.1. The van der Waals surface area contributed by atoms with Crippen LogP contribution in [0.3, 0.4) is 0 Å². The summed E-state index contributed by atoms with van der Waals surface area (Å²) in [4.78, 5) is 0. The Balaban J connectivity index is 2.17. The van der Waals surface area contributed by atoms with Crippen molar-refractivity contribution in [3.8, 4) is 0 Å². The Bertz CT molecular complexity index is 340. The molecule has 1 aliphatic carbocycles. The lowest BCUT2D eigenvalue weighted by Crippen LogP contribution is -2.17.